The highest BCUT2D eigenvalue weighted by Crippen LogP contribution is 2.36. The third-order valence-corrected chi connectivity index (χ3v) is 4.80. The van der Waals surface area contributed by atoms with Gasteiger partial charge in [-0.2, -0.15) is 0 Å². The van der Waals surface area contributed by atoms with E-state index in [9.17, 15) is 9.90 Å². The van der Waals surface area contributed by atoms with E-state index in [-0.39, 0.29) is 12.6 Å². The molecule has 26 heavy (non-hydrogen) atoms. The summed E-state index contributed by atoms with van der Waals surface area (Å²) in [5, 5.41) is 15.7. The average molecular weight is 349 g/mol. The van der Waals surface area contributed by atoms with Gasteiger partial charge in [0.15, 0.2) is 0 Å². The summed E-state index contributed by atoms with van der Waals surface area (Å²) in [6.07, 6.45) is 4.62. The molecular formula is C20H19N3O3. The van der Waals surface area contributed by atoms with Crippen LogP contribution in [0, 0.1) is 0 Å². The first-order valence-corrected chi connectivity index (χ1v) is 8.48. The molecular weight excluding hydrogens is 330 g/mol. The van der Waals surface area contributed by atoms with Crippen molar-refractivity contribution in [3.8, 4) is 11.5 Å². The van der Waals surface area contributed by atoms with Crippen molar-refractivity contribution in [1.29, 1.82) is 0 Å². The number of aryl methyl sites for hydroxylation is 1. The smallest absolute Gasteiger partial charge is 0.320 e. The van der Waals surface area contributed by atoms with E-state index < -0.39 is 5.54 Å². The fourth-order valence-electron chi connectivity index (χ4n) is 3.46. The van der Waals surface area contributed by atoms with Crippen LogP contribution >= 0.6 is 0 Å². The minimum atomic E-state index is -0.737. The first-order chi connectivity index (χ1) is 12.7. The van der Waals surface area contributed by atoms with E-state index in [0.29, 0.717) is 18.0 Å². The van der Waals surface area contributed by atoms with E-state index in [2.05, 4.69) is 15.6 Å². The summed E-state index contributed by atoms with van der Waals surface area (Å²) in [6.45, 7) is -0.138. The Morgan fingerprint density at radius 1 is 1.19 bits per heavy atom. The van der Waals surface area contributed by atoms with Gasteiger partial charge in [-0.05, 0) is 48.2 Å². The molecule has 0 saturated heterocycles. The molecule has 0 fully saturated rings. The van der Waals surface area contributed by atoms with Crippen molar-refractivity contribution in [2.45, 2.75) is 18.4 Å². The van der Waals surface area contributed by atoms with Crippen LogP contribution in [0.4, 0.5) is 10.5 Å². The summed E-state index contributed by atoms with van der Waals surface area (Å²) in [5.74, 6) is 0.530. The van der Waals surface area contributed by atoms with Crippen LogP contribution in [0.1, 0.15) is 17.5 Å². The van der Waals surface area contributed by atoms with Gasteiger partial charge in [0, 0.05) is 11.3 Å². The van der Waals surface area contributed by atoms with Gasteiger partial charge in [0.25, 0.3) is 0 Å². The molecule has 3 N–H and O–H groups in total. The van der Waals surface area contributed by atoms with Crippen LogP contribution in [-0.2, 0) is 12.0 Å². The Kier molecular flexibility index (Phi) is 4.18. The Morgan fingerprint density at radius 2 is 2.00 bits per heavy atom. The Hall–Kier alpha value is -3.12. The van der Waals surface area contributed by atoms with E-state index in [1.54, 1.807) is 18.3 Å². The number of fused-ring (bicyclic) bond motifs is 1. The van der Waals surface area contributed by atoms with Gasteiger partial charge in [-0.3, -0.25) is 0 Å². The number of urea groups is 1. The number of carbonyl (C=O) groups excluding carboxylic acids is 1. The molecule has 2 amide bonds. The number of carbonyl (C=O) groups is 1. The third kappa shape index (κ3) is 2.95. The lowest BCUT2D eigenvalue weighted by Crippen LogP contribution is -2.48. The van der Waals surface area contributed by atoms with Gasteiger partial charge in [-0.1, -0.05) is 24.3 Å². The molecule has 0 radical (unpaired) electrons. The summed E-state index contributed by atoms with van der Waals surface area (Å²) < 4.78 is 5.25. The quantitative estimate of drug-likeness (QED) is 0.674. The van der Waals surface area contributed by atoms with E-state index in [0.717, 1.165) is 23.1 Å². The van der Waals surface area contributed by atoms with Crippen LogP contribution < -0.4 is 10.6 Å². The van der Waals surface area contributed by atoms with Gasteiger partial charge < -0.3 is 20.2 Å². The number of amides is 2. The summed E-state index contributed by atoms with van der Waals surface area (Å²) in [6, 6.07) is 14.8. The van der Waals surface area contributed by atoms with E-state index in [4.69, 9.17) is 4.42 Å². The molecule has 4 rings (SSSR count). The first-order valence-electron chi connectivity index (χ1n) is 8.48. The maximum Gasteiger partial charge on any atom is 0.320 e. The number of benzene rings is 2. The fourth-order valence-corrected chi connectivity index (χ4v) is 3.46. The first kappa shape index (κ1) is 16.4. The SMILES string of the molecule is O=C(Nc1ccc(-c2ncco2)cc1)NC1(CO)CCc2ccccc21. The van der Waals surface area contributed by atoms with Gasteiger partial charge in [-0.25, -0.2) is 9.78 Å². The molecule has 0 saturated carbocycles. The maximum atomic E-state index is 12.5. The molecule has 132 valence electrons. The van der Waals surface area contributed by atoms with Gasteiger partial charge in [0.05, 0.1) is 18.3 Å². The zero-order valence-corrected chi connectivity index (χ0v) is 14.1. The van der Waals surface area contributed by atoms with E-state index in [1.807, 2.05) is 36.4 Å². The zero-order valence-electron chi connectivity index (χ0n) is 14.1. The van der Waals surface area contributed by atoms with Crippen molar-refractivity contribution in [3.05, 3.63) is 72.1 Å². The van der Waals surface area contributed by atoms with Gasteiger partial charge in [-0.15, -0.1) is 0 Å². The molecule has 3 aromatic rings. The molecule has 1 heterocycles. The van der Waals surface area contributed by atoms with E-state index in [1.165, 1.54) is 6.26 Å². The second kappa shape index (κ2) is 6.65. The Bertz CT molecular complexity index is 906. The molecule has 1 unspecified atom stereocenters. The highest BCUT2D eigenvalue weighted by Gasteiger charge is 2.39. The Morgan fingerprint density at radius 3 is 2.73 bits per heavy atom. The molecule has 0 spiro atoms. The van der Waals surface area contributed by atoms with Crippen LogP contribution in [0.15, 0.2) is 65.4 Å². The van der Waals surface area contributed by atoms with Crippen molar-refractivity contribution in [3.63, 3.8) is 0 Å². The third-order valence-electron chi connectivity index (χ3n) is 4.80. The standard InChI is InChI=1S/C20H19N3O3/c24-13-20(10-9-14-3-1-2-4-17(14)20)23-19(25)22-16-7-5-15(6-8-16)18-21-11-12-26-18/h1-8,11-12,24H,9-10,13H2,(H2,22,23,25). The number of aliphatic hydroxyl groups excluding tert-OH is 1. The topological polar surface area (TPSA) is 87.4 Å². The van der Waals surface area contributed by atoms with E-state index >= 15 is 0 Å². The number of aliphatic hydroxyl groups is 1. The summed E-state index contributed by atoms with van der Waals surface area (Å²) in [5.41, 5.74) is 2.89. The fraction of sp³-hybridized carbons (Fsp3) is 0.200. The minimum Gasteiger partial charge on any atom is -0.445 e. The molecule has 0 aliphatic heterocycles. The van der Waals surface area contributed by atoms with Crippen LogP contribution in [0.5, 0.6) is 0 Å². The van der Waals surface area contributed by atoms with Gasteiger partial charge in [0.1, 0.15) is 6.26 Å². The molecule has 1 aromatic heterocycles. The number of anilines is 1. The van der Waals surface area contributed by atoms with Crippen LogP contribution in [0.2, 0.25) is 0 Å². The molecule has 1 atom stereocenters. The lowest BCUT2D eigenvalue weighted by Gasteiger charge is -2.29. The van der Waals surface area contributed by atoms with Crippen molar-refractivity contribution in [2.75, 3.05) is 11.9 Å². The second-order valence-electron chi connectivity index (χ2n) is 6.39. The molecule has 2 aromatic carbocycles. The van der Waals surface area contributed by atoms with Gasteiger partial charge in [0.2, 0.25) is 5.89 Å². The molecule has 1 aliphatic rings. The predicted octanol–water partition coefficient (Wildman–Crippen LogP) is 3.30. The lowest BCUT2D eigenvalue weighted by molar-refractivity contribution is 0.164. The highest BCUT2D eigenvalue weighted by molar-refractivity contribution is 5.90. The number of hydrogen-bond donors (Lipinski definition) is 3. The van der Waals surface area contributed by atoms with Crippen molar-refractivity contribution in [1.82, 2.24) is 10.3 Å². The molecule has 6 nitrogen and oxygen atoms in total. The molecule has 1 aliphatic carbocycles. The monoisotopic (exact) mass is 349 g/mol. The Labute approximate surface area is 150 Å². The van der Waals surface area contributed by atoms with Crippen molar-refractivity contribution >= 4 is 11.7 Å². The number of oxazole rings is 1. The second-order valence-corrected chi connectivity index (χ2v) is 6.39. The highest BCUT2D eigenvalue weighted by atomic mass is 16.3. The normalized spacial score (nSPS) is 18.3. The average Bonchev–Trinajstić information content (AvgIpc) is 3.32. The number of aromatic nitrogens is 1. The maximum absolute atomic E-state index is 12.5. The molecule has 0 bridgehead atoms. The summed E-state index contributed by atoms with van der Waals surface area (Å²) in [4.78, 5) is 16.6. The van der Waals surface area contributed by atoms with Crippen molar-refractivity contribution in [2.24, 2.45) is 0 Å². The van der Waals surface area contributed by atoms with Crippen LogP contribution in [-0.4, -0.2) is 22.7 Å². The summed E-state index contributed by atoms with van der Waals surface area (Å²) in [7, 11) is 0. The predicted molar refractivity (Wildman–Crippen MR) is 97.6 cm³/mol. The number of nitrogens with zero attached hydrogens (tertiary/aromatic N) is 1. The largest absolute Gasteiger partial charge is 0.445 e. The minimum absolute atomic E-state index is 0.138. The van der Waals surface area contributed by atoms with Crippen molar-refractivity contribution < 1.29 is 14.3 Å². The van der Waals surface area contributed by atoms with Crippen LogP contribution in [0.3, 0.4) is 0 Å². The van der Waals surface area contributed by atoms with Crippen LogP contribution in [0.25, 0.3) is 11.5 Å². The molecule has 6 heteroatoms. The zero-order chi connectivity index (χ0) is 18.0. The number of hydrogen-bond acceptors (Lipinski definition) is 4. The van der Waals surface area contributed by atoms with Gasteiger partial charge >= 0.3 is 6.03 Å². The summed E-state index contributed by atoms with van der Waals surface area (Å²) >= 11 is 0. The Balaban J connectivity index is 1.47. The number of nitrogens with one attached hydrogen (secondary N) is 2. The number of rotatable bonds is 4. The lowest BCUT2D eigenvalue weighted by atomic mass is 9.93.